The first-order valence-electron chi connectivity index (χ1n) is 8.47. The van der Waals surface area contributed by atoms with Gasteiger partial charge in [0.1, 0.15) is 5.92 Å². The molecule has 3 rings (SSSR count). The Hall–Kier alpha value is -2.33. The lowest BCUT2D eigenvalue weighted by molar-refractivity contribution is -0.129. The molecule has 1 aliphatic rings. The average molecular weight is 357 g/mol. The third-order valence-corrected chi connectivity index (χ3v) is 5.11. The summed E-state index contributed by atoms with van der Waals surface area (Å²) in [6, 6.07) is 13.3. The summed E-state index contributed by atoms with van der Waals surface area (Å²) < 4.78 is 0. The molecule has 5 heteroatoms. The molecule has 130 valence electrons. The van der Waals surface area contributed by atoms with Gasteiger partial charge in [0.25, 0.3) is 0 Å². The van der Waals surface area contributed by atoms with Crippen molar-refractivity contribution in [1.82, 2.24) is 0 Å². The fourth-order valence-corrected chi connectivity index (χ4v) is 3.23. The number of rotatable bonds is 4. The van der Waals surface area contributed by atoms with Crippen molar-refractivity contribution >= 4 is 34.8 Å². The summed E-state index contributed by atoms with van der Waals surface area (Å²) in [4.78, 5) is 26.9. The van der Waals surface area contributed by atoms with Gasteiger partial charge in [-0.25, -0.2) is 0 Å². The zero-order chi connectivity index (χ0) is 18.0. The standard InChI is InChI=1S/C20H21ClN2O2/c1-3-14-7-9-15(10-8-14)23-12-11-16(20(23)25)19(24)22-18-6-4-5-17(21)13(18)2/h4-10,16H,3,11-12H2,1-2H3,(H,22,24). The Morgan fingerprint density at radius 3 is 2.64 bits per heavy atom. The van der Waals surface area contributed by atoms with Crippen molar-refractivity contribution in [3.63, 3.8) is 0 Å². The van der Waals surface area contributed by atoms with E-state index in [1.165, 1.54) is 5.56 Å². The molecule has 1 heterocycles. The van der Waals surface area contributed by atoms with Gasteiger partial charge in [0.05, 0.1) is 0 Å². The Balaban J connectivity index is 1.72. The quantitative estimate of drug-likeness (QED) is 0.834. The molecule has 0 saturated carbocycles. The molecular formula is C20H21ClN2O2. The van der Waals surface area contributed by atoms with Crippen LogP contribution in [0.5, 0.6) is 0 Å². The molecule has 4 nitrogen and oxygen atoms in total. The molecule has 2 aromatic carbocycles. The number of hydrogen-bond acceptors (Lipinski definition) is 2. The van der Waals surface area contributed by atoms with Gasteiger partial charge >= 0.3 is 0 Å². The van der Waals surface area contributed by atoms with Gasteiger partial charge < -0.3 is 10.2 Å². The van der Waals surface area contributed by atoms with Crippen molar-refractivity contribution in [3.8, 4) is 0 Å². The van der Waals surface area contributed by atoms with Gasteiger partial charge in [-0.2, -0.15) is 0 Å². The van der Waals surface area contributed by atoms with E-state index >= 15 is 0 Å². The predicted octanol–water partition coefficient (Wildman–Crippen LogP) is 4.20. The summed E-state index contributed by atoms with van der Waals surface area (Å²) in [5.74, 6) is -1.09. The molecule has 0 spiro atoms. The molecule has 2 amide bonds. The second-order valence-corrected chi connectivity index (χ2v) is 6.66. The maximum atomic E-state index is 12.7. The lowest BCUT2D eigenvalue weighted by Gasteiger charge is -2.17. The number of amides is 2. The maximum Gasteiger partial charge on any atom is 0.239 e. The van der Waals surface area contributed by atoms with Crippen molar-refractivity contribution in [2.24, 2.45) is 5.92 Å². The summed E-state index contributed by atoms with van der Waals surface area (Å²) in [5.41, 5.74) is 3.52. The van der Waals surface area contributed by atoms with Gasteiger partial charge in [0.2, 0.25) is 11.8 Å². The highest BCUT2D eigenvalue weighted by Crippen LogP contribution is 2.28. The number of nitrogens with one attached hydrogen (secondary N) is 1. The number of halogens is 1. The van der Waals surface area contributed by atoms with Gasteiger partial charge in [0, 0.05) is 22.9 Å². The van der Waals surface area contributed by atoms with Crippen LogP contribution in [0.2, 0.25) is 5.02 Å². The zero-order valence-electron chi connectivity index (χ0n) is 14.4. The molecule has 1 atom stereocenters. The average Bonchev–Trinajstić information content (AvgIpc) is 3.00. The molecule has 0 aliphatic carbocycles. The monoisotopic (exact) mass is 356 g/mol. The number of carbonyl (C=O) groups excluding carboxylic acids is 2. The molecule has 2 aromatic rings. The van der Waals surface area contributed by atoms with E-state index in [1.807, 2.05) is 31.2 Å². The highest BCUT2D eigenvalue weighted by Gasteiger charge is 2.37. The van der Waals surface area contributed by atoms with Gasteiger partial charge in [-0.3, -0.25) is 9.59 Å². The Bertz CT molecular complexity index is 802. The molecule has 0 radical (unpaired) electrons. The molecule has 1 unspecified atom stereocenters. The minimum atomic E-state index is -0.663. The lowest BCUT2D eigenvalue weighted by atomic mass is 10.1. The smallest absolute Gasteiger partial charge is 0.239 e. The van der Waals surface area contributed by atoms with E-state index in [9.17, 15) is 9.59 Å². The Morgan fingerprint density at radius 1 is 1.24 bits per heavy atom. The first-order valence-corrected chi connectivity index (χ1v) is 8.85. The number of aryl methyl sites for hydroxylation is 1. The molecule has 1 aliphatic heterocycles. The van der Waals surface area contributed by atoms with Crippen LogP contribution in [0.25, 0.3) is 0 Å². The molecule has 1 saturated heterocycles. The van der Waals surface area contributed by atoms with Crippen LogP contribution in [-0.2, 0) is 16.0 Å². The molecule has 25 heavy (non-hydrogen) atoms. The van der Waals surface area contributed by atoms with Crippen LogP contribution in [0.3, 0.4) is 0 Å². The van der Waals surface area contributed by atoms with Gasteiger partial charge in [-0.15, -0.1) is 0 Å². The molecular weight excluding hydrogens is 336 g/mol. The van der Waals surface area contributed by atoms with Gasteiger partial charge in [-0.1, -0.05) is 36.7 Å². The Labute approximate surface area is 152 Å². The minimum Gasteiger partial charge on any atom is -0.325 e. The molecule has 0 bridgehead atoms. The van der Waals surface area contributed by atoms with Crippen LogP contribution in [0.15, 0.2) is 42.5 Å². The minimum absolute atomic E-state index is 0.151. The number of anilines is 2. The normalized spacial score (nSPS) is 17.0. The zero-order valence-corrected chi connectivity index (χ0v) is 15.1. The van der Waals surface area contributed by atoms with Crippen molar-refractivity contribution in [3.05, 3.63) is 58.6 Å². The van der Waals surface area contributed by atoms with Crippen molar-refractivity contribution in [2.45, 2.75) is 26.7 Å². The van der Waals surface area contributed by atoms with Gasteiger partial charge in [0.15, 0.2) is 0 Å². The van der Waals surface area contributed by atoms with E-state index in [4.69, 9.17) is 11.6 Å². The third kappa shape index (κ3) is 3.54. The summed E-state index contributed by atoms with van der Waals surface area (Å²) >= 11 is 6.09. The van der Waals surface area contributed by atoms with Crippen molar-refractivity contribution in [2.75, 3.05) is 16.8 Å². The molecule has 0 aromatic heterocycles. The number of carbonyl (C=O) groups is 2. The SMILES string of the molecule is CCc1ccc(N2CCC(C(=O)Nc3cccc(Cl)c3C)C2=O)cc1. The largest absolute Gasteiger partial charge is 0.325 e. The lowest BCUT2D eigenvalue weighted by Crippen LogP contribution is -2.33. The van der Waals surface area contributed by atoms with E-state index in [1.54, 1.807) is 23.1 Å². The van der Waals surface area contributed by atoms with Crippen LogP contribution in [0, 0.1) is 12.8 Å². The summed E-state index contributed by atoms with van der Waals surface area (Å²) in [6.45, 7) is 4.49. The molecule has 1 N–H and O–H groups in total. The predicted molar refractivity (Wildman–Crippen MR) is 101 cm³/mol. The van der Waals surface area contributed by atoms with E-state index in [2.05, 4.69) is 12.2 Å². The van der Waals surface area contributed by atoms with Crippen LogP contribution in [-0.4, -0.2) is 18.4 Å². The van der Waals surface area contributed by atoms with E-state index < -0.39 is 5.92 Å². The summed E-state index contributed by atoms with van der Waals surface area (Å²) in [5, 5.41) is 3.43. The Kier molecular flexibility index (Phi) is 5.09. The van der Waals surface area contributed by atoms with E-state index in [0.29, 0.717) is 23.7 Å². The van der Waals surface area contributed by atoms with Crippen LogP contribution in [0.1, 0.15) is 24.5 Å². The van der Waals surface area contributed by atoms with Crippen LogP contribution < -0.4 is 10.2 Å². The fourth-order valence-electron chi connectivity index (χ4n) is 3.05. The fraction of sp³-hybridized carbons (Fsp3) is 0.300. The first kappa shape index (κ1) is 17.5. The Morgan fingerprint density at radius 2 is 1.96 bits per heavy atom. The topological polar surface area (TPSA) is 49.4 Å². The van der Waals surface area contributed by atoms with Crippen molar-refractivity contribution < 1.29 is 9.59 Å². The van der Waals surface area contributed by atoms with Crippen LogP contribution >= 0.6 is 11.6 Å². The summed E-state index contributed by atoms with van der Waals surface area (Å²) in [7, 11) is 0. The highest BCUT2D eigenvalue weighted by atomic mass is 35.5. The maximum absolute atomic E-state index is 12.7. The number of hydrogen-bond donors (Lipinski definition) is 1. The van der Waals surface area contributed by atoms with Crippen LogP contribution in [0.4, 0.5) is 11.4 Å². The summed E-state index contributed by atoms with van der Waals surface area (Å²) in [6.07, 6.45) is 1.47. The van der Waals surface area contributed by atoms with Crippen molar-refractivity contribution in [1.29, 1.82) is 0 Å². The molecule has 1 fully saturated rings. The first-order chi connectivity index (χ1) is 12.0. The number of benzene rings is 2. The van der Waals surface area contributed by atoms with E-state index in [-0.39, 0.29) is 11.8 Å². The van der Waals surface area contributed by atoms with E-state index in [0.717, 1.165) is 17.7 Å². The number of nitrogens with zero attached hydrogens (tertiary/aromatic N) is 1. The second-order valence-electron chi connectivity index (χ2n) is 6.25. The van der Waals surface area contributed by atoms with Gasteiger partial charge in [-0.05, 0) is 55.2 Å². The third-order valence-electron chi connectivity index (χ3n) is 4.70. The second kappa shape index (κ2) is 7.28. The highest BCUT2D eigenvalue weighted by molar-refractivity contribution is 6.31.